The Morgan fingerprint density at radius 1 is 1.19 bits per heavy atom. The summed E-state index contributed by atoms with van der Waals surface area (Å²) in [6.07, 6.45) is 7.64. The molecule has 2 fully saturated rings. The van der Waals surface area contributed by atoms with Crippen LogP contribution in [0.15, 0.2) is 55.5 Å². The van der Waals surface area contributed by atoms with Crippen molar-refractivity contribution in [3.63, 3.8) is 0 Å². The van der Waals surface area contributed by atoms with Crippen molar-refractivity contribution < 1.29 is 9.47 Å². The van der Waals surface area contributed by atoms with E-state index < -0.39 is 5.79 Å². The number of nitrogen functional groups attached to an aromatic ring is 2. The Balaban J connectivity index is 1.33. The van der Waals surface area contributed by atoms with Crippen molar-refractivity contribution >= 4 is 33.6 Å². The molecule has 0 spiro atoms. The van der Waals surface area contributed by atoms with Gasteiger partial charge in [-0.15, -0.1) is 6.58 Å². The topological polar surface area (TPSA) is 138 Å². The van der Waals surface area contributed by atoms with Gasteiger partial charge in [0.25, 0.3) is 0 Å². The van der Waals surface area contributed by atoms with Crippen LogP contribution in [0.4, 0.5) is 11.6 Å². The molecule has 9 nitrogen and oxygen atoms in total. The van der Waals surface area contributed by atoms with Crippen molar-refractivity contribution in [1.29, 1.82) is 5.26 Å². The smallest absolute Gasteiger partial charge is 0.163 e. The van der Waals surface area contributed by atoms with Gasteiger partial charge >= 0.3 is 0 Å². The van der Waals surface area contributed by atoms with E-state index in [1.165, 1.54) is 6.33 Å². The number of nitrogens with two attached hydrogens (primary N) is 2. The number of pyridine rings is 1. The fourth-order valence-electron chi connectivity index (χ4n) is 6.05. The quantitative estimate of drug-likeness (QED) is 0.391. The summed E-state index contributed by atoms with van der Waals surface area (Å²) in [7, 11) is 0. The average molecular weight is 496 g/mol. The summed E-state index contributed by atoms with van der Waals surface area (Å²) in [5.74, 6) is 0.00480. The van der Waals surface area contributed by atoms with E-state index in [1.807, 2.05) is 44.3 Å². The van der Waals surface area contributed by atoms with Gasteiger partial charge in [0.05, 0.1) is 28.6 Å². The monoisotopic (exact) mass is 495 g/mol. The van der Waals surface area contributed by atoms with Crippen molar-refractivity contribution in [2.24, 2.45) is 5.41 Å². The normalized spacial score (nSPS) is 26.4. The van der Waals surface area contributed by atoms with E-state index in [2.05, 4.69) is 38.2 Å². The molecule has 0 unspecified atom stereocenters. The number of benzene rings is 1. The third-order valence-corrected chi connectivity index (χ3v) is 7.88. The molecule has 4 aromatic rings. The summed E-state index contributed by atoms with van der Waals surface area (Å²) >= 11 is 0. The molecule has 1 aromatic carbocycles. The lowest BCUT2D eigenvalue weighted by Gasteiger charge is -2.32. The zero-order chi connectivity index (χ0) is 25.9. The minimum absolute atomic E-state index is 0.000883. The second kappa shape index (κ2) is 8.26. The molecule has 1 aliphatic heterocycles. The highest BCUT2D eigenvalue weighted by molar-refractivity contribution is 5.86. The van der Waals surface area contributed by atoms with Gasteiger partial charge in [0.1, 0.15) is 35.8 Å². The van der Waals surface area contributed by atoms with E-state index in [-0.39, 0.29) is 29.5 Å². The minimum Gasteiger partial charge on any atom is -0.383 e. The number of anilines is 2. The van der Waals surface area contributed by atoms with Gasteiger partial charge in [0, 0.05) is 17.0 Å². The molecule has 188 valence electrons. The van der Waals surface area contributed by atoms with Crippen LogP contribution in [0.1, 0.15) is 43.9 Å². The van der Waals surface area contributed by atoms with Crippen LogP contribution in [0, 0.1) is 16.7 Å². The predicted octanol–water partition coefficient (Wildman–Crippen LogP) is 4.29. The molecule has 4 N–H and O–H groups in total. The second-order valence-electron chi connectivity index (χ2n) is 10.5. The highest BCUT2D eigenvalue weighted by Gasteiger charge is 2.60. The molecule has 1 saturated heterocycles. The van der Waals surface area contributed by atoms with Crippen LogP contribution in [0.25, 0.3) is 21.9 Å². The molecule has 1 aliphatic carbocycles. The SMILES string of the molecule is C=C[C@]1(CCc2ccc3cc(C#N)c(N)nc3c2)C[C@@H](n2ccc3c(N)ncnc32)[C@@H]2OC(C)(C)O[C@@H]21. The molecule has 2 aliphatic rings. The van der Waals surface area contributed by atoms with E-state index in [1.54, 1.807) is 6.07 Å². The van der Waals surface area contributed by atoms with Gasteiger partial charge in [0.15, 0.2) is 5.79 Å². The Labute approximate surface area is 214 Å². The Hall–Kier alpha value is -4.00. The molecule has 4 heterocycles. The lowest BCUT2D eigenvalue weighted by atomic mass is 9.78. The van der Waals surface area contributed by atoms with Crippen LogP contribution >= 0.6 is 0 Å². The molecule has 1 saturated carbocycles. The van der Waals surface area contributed by atoms with E-state index in [4.69, 9.17) is 20.9 Å². The van der Waals surface area contributed by atoms with E-state index in [0.29, 0.717) is 11.4 Å². The van der Waals surface area contributed by atoms with Gasteiger partial charge in [-0.25, -0.2) is 15.0 Å². The summed E-state index contributed by atoms with van der Waals surface area (Å²) in [5, 5.41) is 11.0. The van der Waals surface area contributed by atoms with Crippen LogP contribution in [0.3, 0.4) is 0 Å². The largest absolute Gasteiger partial charge is 0.383 e. The molecule has 3 aromatic heterocycles. The Morgan fingerprint density at radius 2 is 2.03 bits per heavy atom. The van der Waals surface area contributed by atoms with Crippen molar-refractivity contribution in [3.8, 4) is 6.07 Å². The molecule has 0 radical (unpaired) electrons. The highest BCUT2D eigenvalue weighted by atomic mass is 16.8. The second-order valence-corrected chi connectivity index (χ2v) is 10.5. The predicted molar refractivity (Wildman–Crippen MR) is 141 cm³/mol. The van der Waals surface area contributed by atoms with Crippen molar-refractivity contribution in [1.82, 2.24) is 19.5 Å². The van der Waals surface area contributed by atoms with Crippen LogP contribution in [-0.2, 0) is 15.9 Å². The maximum Gasteiger partial charge on any atom is 0.163 e. The van der Waals surface area contributed by atoms with Crippen molar-refractivity contribution in [2.45, 2.75) is 57.1 Å². The van der Waals surface area contributed by atoms with Gasteiger partial charge in [0.2, 0.25) is 0 Å². The molecule has 9 heteroatoms. The summed E-state index contributed by atoms with van der Waals surface area (Å²) in [6, 6.07) is 11.9. The number of hydrogen-bond donors (Lipinski definition) is 2. The van der Waals surface area contributed by atoms with Gasteiger partial charge < -0.3 is 25.5 Å². The minimum atomic E-state index is -0.706. The van der Waals surface area contributed by atoms with Crippen molar-refractivity contribution in [2.75, 3.05) is 11.5 Å². The molecule has 6 rings (SSSR count). The highest BCUT2D eigenvalue weighted by Crippen LogP contribution is 2.56. The standard InChI is InChI=1S/C28H29N7O2/c1-4-28(9-7-16-5-6-17-12-18(14-29)24(30)34-20(17)11-16)13-21(22-23(28)37-27(2,3)36-22)35-10-8-19-25(31)32-15-33-26(19)35/h4-6,8,10-12,15,21-23H,1,7,9,13H2,2-3H3,(H2,30,34)(H2,31,32,33)/t21-,22+,23+,28+/m1/s1. The van der Waals surface area contributed by atoms with Gasteiger partial charge in [-0.1, -0.05) is 18.2 Å². The van der Waals surface area contributed by atoms with E-state index >= 15 is 0 Å². The summed E-state index contributed by atoms with van der Waals surface area (Å²) in [6.45, 7) is 8.17. The molecule has 37 heavy (non-hydrogen) atoms. The van der Waals surface area contributed by atoms with Gasteiger partial charge in [-0.2, -0.15) is 5.26 Å². The first kappa shape index (κ1) is 23.4. The molecular formula is C28H29N7O2. The van der Waals surface area contributed by atoms with E-state index in [9.17, 15) is 5.26 Å². The van der Waals surface area contributed by atoms with Gasteiger partial charge in [-0.05, 0) is 56.9 Å². The summed E-state index contributed by atoms with van der Waals surface area (Å²) < 4.78 is 15.1. The van der Waals surface area contributed by atoms with E-state index in [0.717, 1.165) is 46.8 Å². The Kier molecular flexibility index (Phi) is 5.23. The third-order valence-electron chi connectivity index (χ3n) is 7.88. The first-order valence-electron chi connectivity index (χ1n) is 12.4. The number of nitrogens with zero attached hydrogens (tertiary/aromatic N) is 5. The number of aryl methyl sites for hydroxylation is 1. The fraction of sp³-hybridized carbons (Fsp3) is 0.357. The average Bonchev–Trinajstić information content (AvgIpc) is 3.53. The number of aromatic nitrogens is 4. The number of ether oxygens (including phenoxy) is 2. The molecular weight excluding hydrogens is 466 g/mol. The van der Waals surface area contributed by atoms with Crippen LogP contribution in [0.5, 0.6) is 0 Å². The Bertz CT molecular complexity index is 1590. The lowest BCUT2D eigenvalue weighted by Crippen LogP contribution is -2.34. The summed E-state index contributed by atoms with van der Waals surface area (Å²) in [5.41, 5.74) is 14.8. The fourth-order valence-corrected chi connectivity index (χ4v) is 6.05. The van der Waals surface area contributed by atoms with Crippen molar-refractivity contribution in [3.05, 3.63) is 66.6 Å². The first-order chi connectivity index (χ1) is 17.7. The summed E-state index contributed by atoms with van der Waals surface area (Å²) in [4.78, 5) is 13.1. The number of hydrogen-bond acceptors (Lipinski definition) is 8. The zero-order valence-electron chi connectivity index (χ0n) is 20.9. The first-order valence-corrected chi connectivity index (χ1v) is 12.4. The maximum atomic E-state index is 9.25. The molecule has 4 atom stereocenters. The molecule has 0 amide bonds. The number of nitriles is 1. The number of rotatable bonds is 5. The van der Waals surface area contributed by atoms with Crippen LogP contribution < -0.4 is 11.5 Å². The molecule has 0 bridgehead atoms. The third kappa shape index (κ3) is 3.72. The lowest BCUT2D eigenvalue weighted by molar-refractivity contribution is -0.165. The van der Waals surface area contributed by atoms with Crippen LogP contribution in [-0.4, -0.2) is 37.5 Å². The Morgan fingerprint density at radius 3 is 2.81 bits per heavy atom. The zero-order valence-corrected chi connectivity index (χ0v) is 20.9. The van der Waals surface area contributed by atoms with Gasteiger partial charge in [-0.3, -0.25) is 0 Å². The maximum absolute atomic E-state index is 9.25. The van der Waals surface area contributed by atoms with Crippen LogP contribution in [0.2, 0.25) is 0 Å². The number of fused-ring (bicyclic) bond motifs is 3.